The topological polar surface area (TPSA) is 110 Å². The quantitative estimate of drug-likeness (QED) is 0.374. The number of hydrogen-bond acceptors (Lipinski definition) is 5. The Hall–Kier alpha value is -1.76. The Morgan fingerprint density at radius 3 is 2.12 bits per heavy atom. The molecular formula is C19H36N4O2. The van der Waals surface area contributed by atoms with E-state index in [1.807, 2.05) is 44.2 Å². The predicted octanol–water partition coefficient (Wildman–Crippen LogP) is 1.23. The molecule has 25 heavy (non-hydrogen) atoms. The third-order valence-corrected chi connectivity index (χ3v) is 3.48. The Bertz CT molecular complexity index is 427. The van der Waals surface area contributed by atoms with E-state index in [-0.39, 0.29) is 18.0 Å². The van der Waals surface area contributed by atoms with Crippen molar-refractivity contribution < 1.29 is 9.59 Å². The highest BCUT2D eigenvalue weighted by atomic mass is 16.1. The van der Waals surface area contributed by atoms with Gasteiger partial charge in [0.05, 0.1) is 12.1 Å². The van der Waals surface area contributed by atoms with E-state index in [0.717, 1.165) is 37.7 Å². The molecule has 0 spiro atoms. The minimum atomic E-state index is -0.314. The molecule has 144 valence electrons. The first-order valence-corrected chi connectivity index (χ1v) is 8.92. The van der Waals surface area contributed by atoms with Gasteiger partial charge in [0.25, 0.3) is 0 Å². The normalized spacial score (nSPS) is 11.9. The minimum absolute atomic E-state index is 0.0200. The first-order valence-electron chi connectivity index (χ1n) is 8.92. The average Bonchev–Trinajstić information content (AvgIpc) is 2.66. The highest BCUT2D eigenvalue weighted by Gasteiger charge is 2.12. The number of hydrogen-bond donors (Lipinski definition) is 4. The number of likely N-dealkylation sites (N-methyl/N-ethyl adjacent to an activating group) is 2. The molecule has 6 heteroatoms. The molecule has 6 N–H and O–H groups in total. The molecule has 0 aliphatic rings. The van der Waals surface area contributed by atoms with Crippen LogP contribution in [0.1, 0.15) is 38.7 Å². The second-order valence-electron chi connectivity index (χ2n) is 5.25. The van der Waals surface area contributed by atoms with E-state index in [9.17, 15) is 9.59 Å². The number of carbonyl (C=O) groups is 2. The second-order valence-corrected chi connectivity index (χ2v) is 5.25. The van der Waals surface area contributed by atoms with Gasteiger partial charge in [0.1, 0.15) is 6.29 Å². The number of nitrogens with one attached hydrogen (secondary N) is 2. The van der Waals surface area contributed by atoms with Crippen molar-refractivity contribution in [3.63, 3.8) is 0 Å². The summed E-state index contributed by atoms with van der Waals surface area (Å²) < 4.78 is 0. The lowest BCUT2D eigenvalue weighted by atomic mass is 10.1. The number of amides is 1. The Morgan fingerprint density at radius 2 is 1.72 bits per heavy atom. The van der Waals surface area contributed by atoms with Crippen LogP contribution in [0, 0.1) is 0 Å². The fraction of sp³-hybridized carbons (Fsp3) is 0.579. The zero-order chi connectivity index (χ0) is 19.5. The first-order chi connectivity index (χ1) is 12.1. The van der Waals surface area contributed by atoms with Crippen molar-refractivity contribution in [1.29, 1.82) is 0 Å². The minimum Gasteiger partial charge on any atom is -0.368 e. The molecule has 0 fully saturated rings. The summed E-state index contributed by atoms with van der Waals surface area (Å²) in [7, 11) is 3.53. The maximum Gasteiger partial charge on any atom is 0.234 e. The summed E-state index contributed by atoms with van der Waals surface area (Å²) in [5, 5.41) is 5.78. The largest absolute Gasteiger partial charge is 0.368 e. The fourth-order valence-electron chi connectivity index (χ4n) is 1.98. The van der Waals surface area contributed by atoms with Gasteiger partial charge in [-0.3, -0.25) is 4.79 Å². The lowest BCUT2D eigenvalue weighted by Gasteiger charge is -2.11. The van der Waals surface area contributed by atoms with Crippen LogP contribution in [-0.2, 0) is 16.0 Å². The van der Waals surface area contributed by atoms with Gasteiger partial charge in [-0.1, -0.05) is 50.6 Å². The zero-order valence-corrected chi connectivity index (χ0v) is 16.1. The van der Waals surface area contributed by atoms with Gasteiger partial charge in [0.15, 0.2) is 0 Å². The molecule has 0 saturated carbocycles. The highest BCUT2D eigenvalue weighted by Crippen LogP contribution is 2.02. The van der Waals surface area contributed by atoms with Crippen molar-refractivity contribution in [2.45, 2.75) is 51.6 Å². The van der Waals surface area contributed by atoms with Gasteiger partial charge in [-0.2, -0.15) is 0 Å². The summed E-state index contributed by atoms with van der Waals surface area (Å²) in [5.74, 6) is -0.314. The standard InChI is InChI=1S/C10H14N2O.C7H16N2O.C2H6/c1-12-9(10(11)13)7-8-5-3-2-4-6-8;1-9-7(6-10)4-2-3-5-8;1-2/h2-6,9,12H,7H2,1H3,(H2,11,13);6-7,9H,2-5,8H2,1H3;1-2H3. The van der Waals surface area contributed by atoms with Gasteiger partial charge in [-0.05, 0) is 45.5 Å². The number of nitrogens with two attached hydrogens (primary N) is 2. The van der Waals surface area contributed by atoms with Crippen LogP contribution in [0.15, 0.2) is 30.3 Å². The molecule has 0 heterocycles. The smallest absolute Gasteiger partial charge is 0.234 e. The van der Waals surface area contributed by atoms with Gasteiger partial charge in [-0.25, -0.2) is 0 Å². The van der Waals surface area contributed by atoms with Crippen LogP contribution < -0.4 is 22.1 Å². The van der Waals surface area contributed by atoms with Crippen molar-refractivity contribution in [3.05, 3.63) is 35.9 Å². The molecule has 1 aromatic rings. The van der Waals surface area contributed by atoms with Crippen molar-refractivity contribution in [2.75, 3.05) is 20.6 Å². The van der Waals surface area contributed by atoms with E-state index >= 15 is 0 Å². The molecule has 1 aromatic carbocycles. The summed E-state index contributed by atoms with van der Waals surface area (Å²) in [6.07, 6.45) is 4.52. The van der Waals surface area contributed by atoms with Gasteiger partial charge >= 0.3 is 0 Å². The molecule has 1 rings (SSSR count). The van der Waals surface area contributed by atoms with Crippen molar-refractivity contribution in [3.8, 4) is 0 Å². The van der Waals surface area contributed by atoms with Crippen LogP contribution in [0.2, 0.25) is 0 Å². The number of primary amides is 1. The van der Waals surface area contributed by atoms with Gasteiger partial charge in [-0.15, -0.1) is 0 Å². The number of aldehydes is 1. The van der Waals surface area contributed by atoms with Crippen molar-refractivity contribution in [1.82, 2.24) is 10.6 Å². The van der Waals surface area contributed by atoms with Crippen LogP contribution in [0.5, 0.6) is 0 Å². The number of rotatable bonds is 10. The van der Waals surface area contributed by atoms with Crippen LogP contribution in [0.25, 0.3) is 0 Å². The summed E-state index contributed by atoms with van der Waals surface area (Å²) in [6, 6.07) is 9.54. The van der Waals surface area contributed by atoms with E-state index in [4.69, 9.17) is 11.5 Å². The van der Waals surface area contributed by atoms with E-state index in [2.05, 4.69) is 10.6 Å². The number of unbranched alkanes of at least 4 members (excludes halogenated alkanes) is 1. The average molecular weight is 353 g/mol. The molecule has 0 bridgehead atoms. The summed E-state index contributed by atoms with van der Waals surface area (Å²) >= 11 is 0. The molecule has 0 radical (unpaired) electrons. The lowest BCUT2D eigenvalue weighted by Crippen LogP contribution is -2.40. The molecule has 0 aliphatic heterocycles. The van der Waals surface area contributed by atoms with Crippen LogP contribution in [-0.4, -0.2) is 44.9 Å². The molecule has 0 aliphatic carbocycles. The maximum absolute atomic E-state index is 10.9. The molecule has 2 unspecified atom stereocenters. The third kappa shape index (κ3) is 14.3. The van der Waals surface area contributed by atoms with E-state index < -0.39 is 0 Å². The van der Waals surface area contributed by atoms with Crippen LogP contribution in [0.3, 0.4) is 0 Å². The van der Waals surface area contributed by atoms with Crippen LogP contribution in [0.4, 0.5) is 0 Å². The predicted molar refractivity (Wildman–Crippen MR) is 105 cm³/mol. The summed E-state index contributed by atoms with van der Waals surface area (Å²) in [6.45, 7) is 4.72. The van der Waals surface area contributed by atoms with Crippen LogP contribution >= 0.6 is 0 Å². The number of benzene rings is 1. The van der Waals surface area contributed by atoms with Gasteiger partial charge < -0.3 is 26.9 Å². The summed E-state index contributed by atoms with van der Waals surface area (Å²) in [4.78, 5) is 21.1. The van der Waals surface area contributed by atoms with Crippen molar-refractivity contribution >= 4 is 12.2 Å². The Morgan fingerprint density at radius 1 is 1.12 bits per heavy atom. The Labute approximate surface area is 152 Å². The van der Waals surface area contributed by atoms with Gasteiger partial charge in [0.2, 0.25) is 5.91 Å². The Balaban J connectivity index is 0. The number of carbonyl (C=O) groups excluding carboxylic acids is 2. The van der Waals surface area contributed by atoms with E-state index in [1.165, 1.54) is 0 Å². The second kappa shape index (κ2) is 18.6. The highest BCUT2D eigenvalue weighted by molar-refractivity contribution is 5.80. The molecule has 0 saturated heterocycles. The molecule has 6 nitrogen and oxygen atoms in total. The van der Waals surface area contributed by atoms with E-state index in [0.29, 0.717) is 6.42 Å². The molecule has 2 atom stereocenters. The van der Waals surface area contributed by atoms with Gasteiger partial charge in [0, 0.05) is 0 Å². The molecular weight excluding hydrogens is 316 g/mol. The monoisotopic (exact) mass is 352 g/mol. The first kappa shape index (κ1) is 25.5. The lowest BCUT2D eigenvalue weighted by molar-refractivity contribution is -0.119. The molecule has 0 aromatic heterocycles. The summed E-state index contributed by atoms with van der Waals surface area (Å²) in [5.41, 5.74) is 11.6. The molecule has 1 amide bonds. The SMILES string of the molecule is CC.CNC(C=O)CCCCN.CNC(Cc1ccccc1)C(N)=O. The van der Waals surface area contributed by atoms with E-state index in [1.54, 1.807) is 14.1 Å². The fourth-order valence-corrected chi connectivity index (χ4v) is 1.98. The Kier molecular flexibility index (Phi) is 18.9. The van der Waals surface area contributed by atoms with Crippen molar-refractivity contribution in [2.24, 2.45) is 11.5 Å². The third-order valence-electron chi connectivity index (χ3n) is 3.48. The zero-order valence-electron chi connectivity index (χ0n) is 16.1. The maximum atomic E-state index is 10.9.